The van der Waals surface area contributed by atoms with Crippen LogP contribution in [0, 0.1) is 0 Å². The van der Waals surface area contributed by atoms with Crippen molar-refractivity contribution in [2.24, 2.45) is 0 Å². The maximum absolute atomic E-state index is 11.3. The van der Waals surface area contributed by atoms with E-state index in [9.17, 15) is 4.79 Å². The summed E-state index contributed by atoms with van der Waals surface area (Å²) in [4.78, 5) is 11.3. The third kappa shape index (κ3) is 2.56. The molecule has 5 nitrogen and oxygen atoms in total. The van der Waals surface area contributed by atoms with Gasteiger partial charge in [-0.15, -0.1) is 0 Å². The van der Waals surface area contributed by atoms with E-state index < -0.39 is 0 Å². The fourth-order valence-corrected chi connectivity index (χ4v) is 1.16. The Kier molecular flexibility index (Phi) is 2.78. The molecule has 5 heteroatoms. The van der Waals surface area contributed by atoms with Gasteiger partial charge in [0.05, 0.1) is 6.20 Å². The number of aromatic nitrogens is 1. The summed E-state index contributed by atoms with van der Waals surface area (Å²) >= 11 is 0. The highest BCUT2D eigenvalue weighted by Gasteiger charge is 2.19. The molecule has 0 spiro atoms. The minimum absolute atomic E-state index is 0.208. The summed E-state index contributed by atoms with van der Waals surface area (Å²) in [5, 5.41) is 9.49. The van der Waals surface area contributed by atoms with Crippen molar-refractivity contribution in [1.82, 2.24) is 15.8 Å². The molecule has 0 atom stereocenters. The molecule has 1 amide bonds. The predicted octanol–water partition coefficient (Wildman–Crippen LogP) is 0.156. The van der Waals surface area contributed by atoms with Crippen molar-refractivity contribution in [2.75, 3.05) is 13.1 Å². The summed E-state index contributed by atoms with van der Waals surface area (Å²) in [7, 11) is 0. The SMILES string of the molecule is O=C(NCCNC1CC1)c1ccno1. The summed E-state index contributed by atoms with van der Waals surface area (Å²) in [5.74, 6) is 0.0523. The summed E-state index contributed by atoms with van der Waals surface area (Å²) < 4.78 is 4.70. The topological polar surface area (TPSA) is 67.2 Å². The Morgan fingerprint density at radius 2 is 2.43 bits per heavy atom. The van der Waals surface area contributed by atoms with E-state index in [-0.39, 0.29) is 11.7 Å². The zero-order chi connectivity index (χ0) is 9.80. The van der Waals surface area contributed by atoms with Gasteiger partial charge in [0.2, 0.25) is 5.76 Å². The van der Waals surface area contributed by atoms with E-state index >= 15 is 0 Å². The van der Waals surface area contributed by atoms with Crippen molar-refractivity contribution >= 4 is 5.91 Å². The van der Waals surface area contributed by atoms with Gasteiger partial charge in [0.15, 0.2) is 0 Å². The van der Waals surface area contributed by atoms with E-state index in [1.54, 1.807) is 6.07 Å². The second kappa shape index (κ2) is 4.23. The van der Waals surface area contributed by atoms with Crippen molar-refractivity contribution in [3.8, 4) is 0 Å². The Bertz CT molecular complexity index is 293. The standard InChI is InChI=1S/C9H13N3O2/c13-9(8-3-4-12-14-8)11-6-5-10-7-1-2-7/h3-4,7,10H,1-2,5-6H2,(H,11,13). The van der Waals surface area contributed by atoms with Crippen molar-refractivity contribution < 1.29 is 9.32 Å². The highest BCUT2D eigenvalue weighted by molar-refractivity contribution is 5.91. The first-order valence-corrected chi connectivity index (χ1v) is 4.78. The van der Waals surface area contributed by atoms with Gasteiger partial charge in [-0.2, -0.15) is 0 Å². The predicted molar refractivity (Wildman–Crippen MR) is 49.9 cm³/mol. The Morgan fingerprint density at radius 3 is 3.07 bits per heavy atom. The highest BCUT2D eigenvalue weighted by Crippen LogP contribution is 2.17. The molecular weight excluding hydrogens is 182 g/mol. The number of amides is 1. The van der Waals surface area contributed by atoms with Crippen LogP contribution in [0.3, 0.4) is 0 Å². The second-order valence-corrected chi connectivity index (χ2v) is 3.36. The molecule has 1 saturated carbocycles. The molecule has 0 aromatic carbocycles. The van der Waals surface area contributed by atoms with Crippen LogP contribution < -0.4 is 10.6 Å². The van der Waals surface area contributed by atoms with Crippen molar-refractivity contribution in [3.05, 3.63) is 18.0 Å². The summed E-state index contributed by atoms with van der Waals surface area (Å²) in [6.45, 7) is 1.43. The van der Waals surface area contributed by atoms with Gasteiger partial charge in [0, 0.05) is 25.2 Å². The second-order valence-electron chi connectivity index (χ2n) is 3.36. The van der Waals surface area contributed by atoms with E-state index in [0.29, 0.717) is 12.6 Å². The third-order valence-electron chi connectivity index (χ3n) is 2.08. The summed E-state index contributed by atoms with van der Waals surface area (Å²) in [5.41, 5.74) is 0. The van der Waals surface area contributed by atoms with Gasteiger partial charge in [-0.25, -0.2) is 0 Å². The summed E-state index contributed by atoms with van der Waals surface area (Å²) in [6.07, 6.45) is 3.98. The number of carbonyl (C=O) groups is 1. The molecule has 1 aliphatic rings. The fraction of sp³-hybridized carbons (Fsp3) is 0.556. The average Bonchev–Trinajstić information content (AvgIpc) is 2.84. The molecule has 2 rings (SSSR count). The lowest BCUT2D eigenvalue weighted by Crippen LogP contribution is -2.32. The number of nitrogens with zero attached hydrogens (tertiary/aromatic N) is 1. The molecule has 1 aliphatic carbocycles. The molecule has 1 heterocycles. The van der Waals surface area contributed by atoms with Crippen LogP contribution in [0.15, 0.2) is 16.8 Å². The number of nitrogens with one attached hydrogen (secondary N) is 2. The molecule has 14 heavy (non-hydrogen) atoms. The number of hydrogen-bond acceptors (Lipinski definition) is 4. The molecule has 76 valence electrons. The van der Waals surface area contributed by atoms with E-state index in [0.717, 1.165) is 6.54 Å². The molecule has 1 aromatic rings. The lowest BCUT2D eigenvalue weighted by atomic mass is 10.4. The molecule has 1 aromatic heterocycles. The number of rotatable bonds is 5. The zero-order valence-corrected chi connectivity index (χ0v) is 7.82. The molecule has 2 N–H and O–H groups in total. The van der Waals surface area contributed by atoms with Crippen LogP contribution in [0.5, 0.6) is 0 Å². The lowest BCUT2D eigenvalue weighted by Gasteiger charge is -2.03. The largest absolute Gasteiger partial charge is 0.351 e. The Hall–Kier alpha value is -1.36. The first kappa shape index (κ1) is 9.21. The van der Waals surface area contributed by atoms with Gasteiger partial charge in [0.1, 0.15) is 0 Å². The molecule has 1 fully saturated rings. The van der Waals surface area contributed by atoms with Gasteiger partial charge < -0.3 is 15.2 Å². The zero-order valence-electron chi connectivity index (χ0n) is 7.82. The quantitative estimate of drug-likeness (QED) is 0.656. The molecule has 0 bridgehead atoms. The normalized spacial score (nSPS) is 15.4. The van der Waals surface area contributed by atoms with Crippen LogP contribution in [0.25, 0.3) is 0 Å². The first-order chi connectivity index (χ1) is 6.86. The Morgan fingerprint density at radius 1 is 1.57 bits per heavy atom. The highest BCUT2D eigenvalue weighted by atomic mass is 16.5. The lowest BCUT2D eigenvalue weighted by molar-refractivity contribution is 0.0917. The summed E-state index contributed by atoms with van der Waals surface area (Å²) in [6, 6.07) is 2.22. The van der Waals surface area contributed by atoms with Crippen LogP contribution in [0.4, 0.5) is 0 Å². The maximum Gasteiger partial charge on any atom is 0.289 e. The van der Waals surface area contributed by atoms with Crippen LogP contribution >= 0.6 is 0 Å². The average molecular weight is 195 g/mol. The van der Waals surface area contributed by atoms with Gasteiger partial charge in [0.25, 0.3) is 5.91 Å². The number of carbonyl (C=O) groups excluding carboxylic acids is 1. The first-order valence-electron chi connectivity index (χ1n) is 4.78. The monoisotopic (exact) mass is 195 g/mol. The van der Waals surface area contributed by atoms with E-state index in [4.69, 9.17) is 4.52 Å². The van der Waals surface area contributed by atoms with Crippen LogP contribution in [-0.4, -0.2) is 30.2 Å². The molecule has 0 aliphatic heterocycles. The van der Waals surface area contributed by atoms with Gasteiger partial charge in [-0.05, 0) is 12.8 Å². The van der Waals surface area contributed by atoms with Crippen LogP contribution in [0.1, 0.15) is 23.4 Å². The maximum atomic E-state index is 11.3. The van der Waals surface area contributed by atoms with Gasteiger partial charge in [-0.3, -0.25) is 4.79 Å². The van der Waals surface area contributed by atoms with Gasteiger partial charge >= 0.3 is 0 Å². The molecule has 0 saturated heterocycles. The fourth-order valence-electron chi connectivity index (χ4n) is 1.16. The number of hydrogen-bond donors (Lipinski definition) is 2. The van der Waals surface area contributed by atoms with E-state index in [1.165, 1.54) is 19.0 Å². The van der Waals surface area contributed by atoms with Crippen molar-refractivity contribution in [2.45, 2.75) is 18.9 Å². The molecule has 0 unspecified atom stereocenters. The van der Waals surface area contributed by atoms with Crippen molar-refractivity contribution in [1.29, 1.82) is 0 Å². The smallest absolute Gasteiger partial charge is 0.289 e. The van der Waals surface area contributed by atoms with E-state index in [2.05, 4.69) is 15.8 Å². The minimum Gasteiger partial charge on any atom is -0.351 e. The van der Waals surface area contributed by atoms with Gasteiger partial charge in [-0.1, -0.05) is 5.16 Å². The van der Waals surface area contributed by atoms with Crippen LogP contribution in [-0.2, 0) is 0 Å². The third-order valence-corrected chi connectivity index (χ3v) is 2.08. The Balaban J connectivity index is 1.62. The molecule has 0 radical (unpaired) electrons. The minimum atomic E-state index is -0.208. The Labute approximate surface area is 81.8 Å². The van der Waals surface area contributed by atoms with Crippen molar-refractivity contribution in [3.63, 3.8) is 0 Å². The van der Waals surface area contributed by atoms with E-state index in [1.807, 2.05) is 0 Å². The molecular formula is C9H13N3O2. The van der Waals surface area contributed by atoms with Crippen LogP contribution in [0.2, 0.25) is 0 Å².